The number of hydrogen-bond acceptors (Lipinski definition) is 4. The fraction of sp³-hybridized carbons (Fsp3) is 0. The molecule has 4 rings (SSSR count). The van der Waals surface area contributed by atoms with Crippen molar-refractivity contribution in [2.75, 3.05) is 0 Å². The van der Waals surface area contributed by atoms with Gasteiger partial charge in [0.2, 0.25) is 0 Å². The molecule has 0 spiro atoms. The molecular weight excluding hydrogens is 275 g/mol. The molecule has 0 aliphatic rings. The van der Waals surface area contributed by atoms with Gasteiger partial charge in [-0.05, 0) is 11.5 Å². The molecule has 0 bridgehead atoms. The van der Waals surface area contributed by atoms with Gasteiger partial charge >= 0.3 is 0 Å². The molecule has 0 fully saturated rings. The van der Waals surface area contributed by atoms with Crippen molar-refractivity contribution in [1.82, 2.24) is 15.2 Å². The molecule has 0 atom stereocenters. The first-order valence-corrected chi connectivity index (χ1v) is 6.14. The Morgan fingerprint density at radius 3 is 2.86 bits per heavy atom. The van der Waals surface area contributed by atoms with E-state index in [1.165, 1.54) is 18.3 Å². The fourth-order valence-corrected chi connectivity index (χ4v) is 2.62. The molecule has 21 heavy (non-hydrogen) atoms. The highest BCUT2D eigenvalue weighted by molar-refractivity contribution is 6.20. The number of benzene rings is 2. The zero-order valence-electron chi connectivity index (χ0n) is 10.5. The molecule has 102 valence electrons. The smallest absolute Gasteiger partial charge is 0.278 e. The van der Waals surface area contributed by atoms with Gasteiger partial charge in [0.25, 0.3) is 5.69 Å². The predicted molar refractivity (Wildman–Crippen MR) is 75.5 cm³/mol. The Kier molecular flexibility index (Phi) is 2.20. The lowest BCUT2D eigenvalue weighted by Crippen LogP contribution is -1.94. The topological polar surface area (TPSA) is 84.7 Å². The molecule has 1 N–H and O–H groups in total. The molecule has 0 radical (unpaired) electrons. The summed E-state index contributed by atoms with van der Waals surface area (Å²) in [5, 5.41) is 20.0. The second kappa shape index (κ2) is 3.95. The standard InChI is InChI=1S/C14H7FN4O2/c15-10-3-1-2-7-8(10)5-16-14-12(19(20)21)4-11-9(13(7)14)6-17-18-11/h1-6H,(H,17,18). The van der Waals surface area contributed by atoms with Crippen LogP contribution in [0.3, 0.4) is 0 Å². The molecule has 2 aromatic carbocycles. The second-order valence-electron chi connectivity index (χ2n) is 4.67. The van der Waals surface area contributed by atoms with Crippen LogP contribution in [0.15, 0.2) is 36.7 Å². The zero-order chi connectivity index (χ0) is 14.6. The fourth-order valence-electron chi connectivity index (χ4n) is 2.62. The molecule has 0 aliphatic carbocycles. The van der Waals surface area contributed by atoms with E-state index < -0.39 is 10.7 Å². The van der Waals surface area contributed by atoms with Crippen molar-refractivity contribution in [2.24, 2.45) is 0 Å². The minimum absolute atomic E-state index is 0.132. The van der Waals surface area contributed by atoms with Gasteiger partial charge in [-0.15, -0.1) is 0 Å². The van der Waals surface area contributed by atoms with Crippen LogP contribution in [-0.4, -0.2) is 20.1 Å². The summed E-state index contributed by atoms with van der Waals surface area (Å²) in [7, 11) is 0. The average Bonchev–Trinajstić information content (AvgIpc) is 2.94. The lowest BCUT2D eigenvalue weighted by molar-refractivity contribution is -0.383. The summed E-state index contributed by atoms with van der Waals surface area (Å²) in [5.74, 6) is -0.412. The quantitative estimate of drug-likeness (QED) is 0.330. The third-order valence-electron chi connectivity index (χ3n) is 3.54. The highest BCUT2D eigenvalue weighted by Crippen LogP contribution is 2.35. The average molecular weight is 282 g/mol. The van der Waals surface area contributed by atoms with Gasteiger partial charge in [0.05, 0.1) is 16.6 Å². The maximum absolute atomic E-state index is 13.9. The Labute approximate surface area is 116 Å². The van der Waals surface area contributed by atoms with Crippen molar-refractivity contribution in [2.45, 2.75) is 0 Å². The van der Waals surface area contributed by atoms with Gasteiger partial charge in [-0.25, -0.2) is 9.37 Å². The Bertz CT molecular complexity index is 1040. The third-order valence-corrected chi connectivity index (χ3v) is 3.54. The molecule has 0 saturated carbocycles. The maximum atomic E-state index is 13.9. The molecule has 0 aliphatic heterocycles. The van der Waals surface area contributed by atoms with Crippen LogP contribution in [0.2, 0.25) is 0 Å². The van der Waals surface area contributed by atoms with Crippen molar-refractivity contribution in [3.05, 3.63) is 52.6 Å². The van der Waals surface area contributed by atoms with Crippen molar-refractivity contribution in [3.63, 3.8) is 0 Å². The van der Waals surface area contributed by atoms with Crippen LogP contribution in [0.25, 0.3) is 32.6 Å². The van der Waals surface area contributed by atoms with Gasteiger partial charge in [0, 0.05) is 28.4 Å². The summed E-state index contributed by atoms with van der Waals surface area (Å²) in [4.78, 5) is 14.8. The molecule has 6 nitrogen and oxygen atoms in total. The molecule has 0 unspecified atom stereocenters. The number of nitrogens with one attached hydrogen (secondary N) is 1. The number of hydrogen-bond donors (Lipinski definition) is 1. The maximum Gasteiger partial charge on any atom is 0.297 e. The SMILES string of the molecule is O=[N+]([O-])c1cc2[nH]ncc2c2c1ncc1c(F)cccc12. The van der Waals surface area contributed by atoms with E-state index in [0.717, 1.165) is 0 Å². The van der Waals surface area contributed by atoms with Crippen molar-refractivity contribution >= 4 is 38.3 Å². The lowest BCUT2D eigenvalue weighted by Gasteiger charge is -2.05. The van der Waals surface area contributed by atoms with Crippen LogP contribution in [0.1, 0.15) is 0 Å². The summed E-state index contributed by atoms with van der Waals surface area (Å²) in [6, 6.07) is 6.02. The van der Waals surface area contributed by atoms with Crippen LogP contribution in [0, 0.1) is 15.9 Å². The monoisotopic (exact) mass is 282 g/mol. The number of fused-ring (bicyclic) bond motifs is 5. The number of rotatable bonds is 1. The van der Waals surface area contributed by atoms with Gasteiger partial charge in [-0.2, -0.15) is 5.10 Å². The highest BCUT2D eigenvalue weighted by atomic mass is 19.1. The Hall–Kier alpha value is -3.09. The normalized spacial score (nSPS) is 11.5. The second-order valence-corrected chi connectivity index (χ2v) is 4.67. The number of pyridine rings is 1. The van der Waals surface area contributed by atoms with E-state index in [9.17, 15) is 14.5 Å². The van der Waals surface area contributed by atoms with Gasteiger partial charge < -0.3 is 0 Å². The minimum Gasteiger partial charge on any atom is -0.278 e. The van der Waals surface area contributed by atoms with E-state index in [2.05, 4.69) is 15.2 Å². The van der Waals surface area contributed by atoms with Crippen LogP contribution >= 0.6 is 0 Å². The summed E-state index contributed by atoms with van der Waals surface area (Å²) >= 11 is 0. The number of halogens is 1. The van der Waals surface area contributed by atoms with Gasteiger partial charge in [-0.1, -0.05) is 12.1 Å². The van der Waals surface area contributed by atoms with E-state index in [1.54, 1.807) is 18.3 Å². The molecule has 2 heterocycles. The number of aromatic nitrogens is 3. The van der Waals surface area contributed by atoms with E-state index in [0.29, 0.717) is 27.1 Å². The number of non-ortho nitro benzene ring substituents is 1. The van der Waals surface area contributed by atoms with E-state index in [1.807, 2.05) is 0 Å². The number of aromatic amines is 1. The summed E-state index contributed by atoms with van der Waals surface area (Å²) in [5.41, 5.74) is 0.618. The molecule has 0 amide bonds. The highest BCUT2D eigenvalue weighted by Gasteiger charge is 2.20. The number of H-pyrrole nitrogens is 1. The van der Waals surface area contributed by atoms with Gasteiger partial charge in [-0.3, -0.25) is 15.2 Å². The molecule has 0 saturated heterocycles. The van der Waals surface area contributed by atoms with Crippen molar-refractivity contribution < 1.29 is 9.31 Å². The van der Waals surface area contributed by atoms with E-state index in [-0.39, 0.29) is 11.2 Å². The summed E-state index contributed by atoms with van der Waals surface area (Å²) < 4.78 is 13.9. The summed E-state index contributed by atoms with van der Waals surface area (Å²) in [6.45, 7) is 0. The lowest BCUT2D eigenvalue weighted by atomic mass is 10.0. The molecular formula is C14H7FN4O2. The van der Waals surface area contributed by atoms with E-state index in [4.69, 9.17) is 0 Å². The van der Waals surface area contributed by atoms with Crippen LogP contribution < -0.4 is 0 Å². The zero-order valence-corrected chi connectivity index (χ0v) is 10.5. The Balaban J connectivity index is 2.37. The Morgan fingerprint density at radius 2 is 2.05 bits per heavy atom. The number of nitro benzene ring substituents is 1. The largest absolute Gasteiger partial charge is 0.297 e. The van der Waals surface area contributed by atoms with E-state index >= 15 is 0 Å². The molecule has 4 aromatic rings. The predicted octanol–water partition coefficient (Wildman–Crippen LogP) is 3.31. The molecule has 2 aromatic heterocycles. The molecule has 7 heteroatoms. The summed E-state index contributed by atoms with van der Waals surface area (Å²) in [6.07, 6.45) is 2.89. The Morgan fingerprint density at radius 1 is 1.19 bits per heavy atom. The third kappa shape index (κ3) is 1.51. The number of nitro groups is 1. The van der Waals surface area contributed by atoms with Crippen LogP contribution in [0.4, 0.5) is 10.1 Å². The first kappa shape index (κ1) is 11.7. The first-order valence-electron chi connectivity index (χ1n) is 6.14. The minimum atomic E-state index is -0.499. The van der Waals surface area contributed by atoms with Crippen LogP contribution in [0.5, 0.6) is 0 Å². The van der Waals surface area contributed by atoms with Crippen LogP contribution in [-0.2, 0) is 0 Å². The van der Waals surface area contributed by atoms with Gasteiger partial charge in [0.15, 0.2) is 0 Å². The van der Waals surface area contributed by atoms with Crippen molar-refractivity contribution in [3.8, 4) is 0 Å². The first-order chi connectivity index (χ1) is 10.2. The van der Waals surface area contributed by atoms with Gasteiger partial charge in [0.1, 0.15) is 11.3 Å². The van der Waals surface area contributed by atoms with Crippen molar-refractivity contribution in [1.29, 1.82) is 0 Å². The number of nitrogens with zero attached hydrogens (tertiary/aromatic N) is 3.